The van der Waals surface area contributed by atoms with Crippen molar-refractivity contribution in [1.29, 1.82) is 0 Å². The molecule has 1 heterocycles. The molecule has 31 heavy (non-hydrogen) atoms. The largest absolute Gasteiger partial charge is 0.494 e. The summed E-state index contributed by atoms with van der Waals surface area (Å²) in [6, 6.07) is 16.9. The van der Waals surface area contributed by atoms with Crippen molar-refractivity contribution in [2.45, 2.75) is 46.6 Å². The highest BCUT2D eigenvalue weighted by Gasteiger charge is 2.11. The minimum absolute atomic E-state index is 0.725. The molecular weight excluding hydrogens is 382 g/mol. The van der Waals surface area contributed by atoms with Crippen molar-refractivity contribution in [3.63, 3.8) is 0 Å². The predicted molar refractivity (Wildman–Crippen MR) is 129 cm³/mol. The number of aryl methyl sites for hydroxylation is 1. The van der Waals surface area contributed by atoms with Gasteiger partial charge in [0.1, 0.15) is 5.75 Å². The van der Waals surface area contributed by atoms with Gasteiger partial charge in [-0.3, -0.25) is 4.57 Å². The molecule has 0 amide bonds. The maximum Gasteiger partial charge on any atom is 0.208 e. The molecule has 4 rings (SSSR count). The van der Waals surface area contributed by atoms with Crippen LogP contribution in [0.3, 0.4) is 0 Å². The first-order chi connectivity index (χ1) is 15.1. The summed E-state index contributed by atoms with van der Waals surface area (Å²) in [5.74, 6) is 1.76. The van der Waals surface area contributed by atoms with Gasteiger partial charge >= 0.3 is 0 Å². The Labute approximate surface area is 184 Å². The van der Waals surface area contributed by atoms with Crippen LogP contribution in [0.5, 0.6) is 5.75 Å². The molecule has 4 nitrogen and oxygen atoms in total. The second kappa shape index (κ2) is 9.69. The van der Waals surface area contributed by atoms with E-state index in [1.807, 2.05) is 12.1 Å². The Kier molecular flexibility index (Phi) is 6.56. The zero-order valence-electron chi connectivity index (χ0n) is 18.7. The number of hydrogen-bond donors (Lipinski definition) is 1. The second-order valence-electron chi connectivity index (χ2n) is 8.11. The highest BCUT2D eigenvalue weighted by molar-refractivity contribution is 5.53. The first kappa shape index (κ1) is 21.0. The molecular formula is C27H31N3O. The zero-order chi connectivity index (χ0) is 21.6. The number of anilines is 1. The van der Waals surface area contributed by atoms with Crippen molar-refractivity contribution in [1.82, 2.24) is 9.55 Å². The molecule has 0 radical (unpaired) electrons. The third-order valence-corrected chi connectivity index (χ3v) is 5.49. The van der Waals surface area contributed by atoms with E-state index in [1.54, 1.807) is 0 Å². The van der Waals surface area contributed by atoms with Crippen LogP contribution >= 0.6 is 0 Å². The van der Waals surface area contributed by atoms with Gasteiger partial charge in [0.15, 0.2) is 0 Å². The van der Waals surface area contributed by atoms with Gasteiger partial charge in [-0.25, -0.2) is 4.98 Å². The lowest BCUT2D eigenvalue weighted by Crippen LogP contribution is -2.29. The molecule has 0 unspecified atom stereocenters. The van der Waals surface area contributed by atoms with E-state index in [9.17, 15) is 0 Å². The van der Waals surface area contributed by atoms with E-state index in [0.29, 0.717) is 0 Å². The highest BCUT2D eigenvalue weighted by Crippen LogP contribution is 2.18. The summed E-state index contributed by atoms with van der Waals surface area (Å²) in [4.78, 5) is 4.95. The van der Waals surface area contributed by atoms with E-state index >= 15 is 0 Å². The van der Waals surface area contributed by atoms with Crippen LogP contribution in [0.15, 0.2) is 60.2 Å². The van der Waals surface area contributed by atoms with Gasteiger partial charge in [-0.05, 0) is 62.6 Å². The Hall–Kier alpha value is -3.27. The number of rotatable bonds is 8. The van der Waals surface area contributed by atoms with Gasteiger partial charge in [-0.2, -0.15) is 0 Å². The maximum absolute atomic E-state index is 5.85. The van der Waals surface area contributed by atoms with E-state index in [2.05, 4.69) is 85.3 Å². The molecule has 0 saturated carbocycles. The van der Waals surface area contributed by atoms with Crippen molar-refractivity contribution in [3.05, 3.63) is 82.0 Å². The Morgan fingerprint density at radius 2 is 1.77 bits per heavy atom. The fraction of sp³-hybridized carbons (Fsp3) is 0.296. The van der Waals surface area contributed by atoms with Gasteiger partial charge in [0.25, 0.3) is 0 Å². The Morgan fingerprint density at radius 1 is 1.00 bits per heavy atom. The molecule has 0 bridgehead atoms. The van der Waals surface area contributed by atoms with Crippen molar-refractivity contribution in [2.24, 2.45) is 0 Å². The molecule has 0 aliphatic heterocycles. The molecule has 3 aromatic rings. The summed E-state index contributed by atoms with van der Waals surface area (Å²) in [5.41, 5.74) is 4.82. The number of fused-ring (bicyclic) bond motifs is 1. The number of benzene rings is 2. The van der Waals surface area contributed by atoms with Gasteiger partial charge in [-0.15, -0.1) is 0 Å². The van der Waals surface area contributed by atoms with E-state index in [4.69, 9.17) is 9.72 Å². The quantitative estimate of drug-likeness (QED) is 0.535. The third kappa shape index (κ3) is 5.08. The van der Waals surface area contributed by atoms with Crippen LogP contribution in [0.25, 0.3) is 17.8 Å². The topological polar surface area (TPSA) is 39.1 Å². The lowest BCUT2D eigenvalue weighted by atomic mass is 10.1. The van der Waals surface area contributed by atoms with Crippen LogP contribution in [0, 0.1) is 6.92 Å². The lowest BCUT2D eigenvalue weighted by molar-refractivity contribution is 0.309. The summed E-state index contributed by atoms with van der Waals surface area (Å²) < 4.78 is 8.06. The van der Waals surface area contributed by atoms with Crippen molar-refractivity contribution in [3.8, 4) is 11.4 Å². The fourth-order valence-electron chi connectivity index (χ4n) is 3.68. The Balaban J connectivity index is 1.67. The highest BCUT2D eigenvalue weighted by atomic mass is 16.5. The van der Waals surface area contributed by atoms with Gasteiger partial charge in [-0.1, -0.05) is 60.9 Å². The van der Waals surface area contributed by atoms with Gasteiger partial charge in [0.2, 0.25) is 5.95 Å². The standard InChI is InChI=1S/C27H31N3O/c1-4-5-17-31-24-15-13-23(14-16-24)30-26-8-6-7-21(3)18-25(26)29-27(30)28-19-22-11-9-20(2)10-12-22/h7-16,18H,4-6,17,19H2,1-3H3,(H,28,29). The summed E-state index contributed by atoms with van der Waals surface area (Å²) in [5, 5.41) is 5.68. The maximum atomic E-state index is 5.85. The number of aromatic nitrogens is 2. The summed E-state index contributed by atoms with van der Waals surface area (Å²) in [6.07, 6.45) is 9.75. The number of nitrogens with zero attached hydrogens (tertiary/aromatic N) is 2. The molecule has 2 aromatic carbocycles. The number of hydrogen-bond acceptors (Lipinski definition) is 3. The molecule has 1 aromatic heterocycles. The van der Waals surface area contributed by atoms with Crippen LogP contribution in [-0.4, -0.2) is 16.2 Å². The number of unbranched alkanes of at least 4 members (excludes halogenated alkanes) is 1. The first-order valence-electron chi connectivity index (χ1n) is 11.1. The molecule has 1 aliphatic carbocycles. The van der Waals surface area contributed by atoms with Crippen LogP contribution in [-0.2, 0) is 6.54 Å². The molecule has 160 valence electrons. The SMILES string of the molecule is CCCCOc1ccc(-n2c(NCc3ccc(C)cc3)nc3c2=CCC=C(C)C=3)cc1. The van der Waals surface area contributed by atoms with Crippen LogP contribution < -0.4 is 20.8 Å². The molecule has 0 fully saturated rings. The van der Waals surface area contributed by atoms with Gasteiger partial charge < -0.3 is 10.1 Å². The average molecular weight is 414 g/mol. The monoisotopic (exact) mass is 413 g/mol. The average Bonchev–Trinajstić information content (AvgIpc) is 3.00. The second-order valence-corrected chi connectivity index (χ2v) is 8.11. The minimum atomic E-state index is 0.725. The molecule has 1 N–H and O–H groups in total. The molecule has 0 saturated heterocycles. The van der Waals surface area contributed by atoms with Gasteiger partial charge in [0, 0.05) is 12.2 Å². The summed E-state index contributed by atoms with van der Waals surface area (Å²) in [7, 11) is 0. The number of imidazole rings is 1. The number of ether oxygens (including phenoxy) is 1. The number of nitrogens with one attached hydrogen (secondary N) is 1. The van der Waals surface area contributed by atoms with Crippen LogP contribution in [0.2, 0.25) is 0 Å². The van der Waals surface area contributed by atoms with Crippen molar-refractivity contribution >= 4 is 18.1 Å². The Bertz CT molecular complexity index is 1170. The molecule has 0 spiro atoms. The van der Waals surface area contributed by atoms with Crippen molar-refractivity contribution < 1.29 is 4.74 Å². The predicted octanol–water partition coefficient (Wildman–Crippen LogP) is 4.88. The van der Waals surface area contributed by atoms with E-state index in [-0.39, 0.29) is 0 Å². The van der Waals surface area contributed by atoms with E-state index in [1.165, 1.54) is 16.7 Å². The fourth-order valence-corrected chi connectivity index (χ4v) is 3.68. The number of allylic oxidation sites excluding steroid dienone is 2. The summed E-state index contributed by atoms with van der Waals surface area (Å²) in [6.45, 7) is 7.89. The molecule has 4 heteroatoms. The molecule has 1 aliphatic rings. The van der Waals surface area contributed by atoms with E-state index < -0.39 is 0 Å². The van der Waals surface area contributed by atoms with E-state index in [0.717, 1.165) is 60.5 Å². The van der Waals surface area contributed by atoms with Gasteiger partial charge in [0.05, 0.1) is 17.3 Å². The lowest BCUT2D eigenvalue weighted by Gasteiger charge is -2.12. The summed E-state index contributed by atoms with van der Waals surface area (Å²) >= 11 is 0. The van der Waals surface area contributed by atoms with Crippen LogP contribution in [0.1, 0.15) is 44.2 Å². The van der Waals surface area contributed by atoms with Crippen LogP contribution in [0.4, 0.5) is 5.95 Å². The van der Waals surface area contributed by atoms with Crippen molar-refractivity contribution in [2.75, 3.05) is 11.9 Å². The Morgan fingerprint density at radius 3 is 2.52 bits per heavy atom. The minimum Gasteiger partial charge on any atom is -0.494 e. The third-order valence-electron chi connectivity index (χ3n) is 5.49. The molecule has 0 atom stereocenters. The normalized spacial score (nSPS) is 12.8. The first-order valence-corrected chi connectivity index (χ1v) is 11.1. The zero-order valence-corrected chi connectivity index (χ0v) is 18.7. The smallest absolute Gasteiger partial charge is 0.208 e.